The van der Waals surface area contributed by atoms with Crippen molar-refractivity contribution < 1.29 is 14.3 Å². The van der Waals surface area contributed by atoms with Crippen LogP contribution in [0.5, 0.6) is 5.75 Å². The molecule has 1 fully saturated rings. The summed E-state index contributed by atoms with van der Waals surface area (Å²) in [6, 6.07) is 35.4. The number of nitrogens with one attached hydrogen (secondary N) is 2. The van der Waals surface area contributed by atoms with Crippen molar-refractivity contribution in [3.63, 3.8) is 0 Å². The highest BCUT2D eigenvalue weighted by Crippen LogP contribution is 2.23. The number of carbonyl (C=O) groups is 2. The molecular formula is C37H40N4O3. The Labute approximate surface area is 260 Å². The maximum absolute atomic E-state index is 12.6. The van der Waals surface area contributed by atoms with Gasteiger partial charge in [-0.2, -0.15) is 5.10 Å². The smallest absolute Gasteiger partial charge is 0.271 e. The van der Waals surface area contributed by atoms with Gasteiger partial charge in [0.2, 0.25) is 0 Å². The molecule has 1 aliphatic heterocycles. The molecule has 4 aromatic rings. The van der Waals surface area contributed by atoms with E-state index in [1.165, 1.54) is 24.0 Å². The van der Waals surface area contributed by atoms with Crippen LogP contribution in [0, 0.1) is 5.92 Å². The van der Waals surface area contributed by atoms with Crippen molar-refractivity contribution in [3.8, 4) is 5.75 Å². The molecule has 1 aliphatic rings. The Kier molecular flexibility index (Phi) is 10.9. The number of benzene rings is 4. The Bertz CT molecular complexity index is 1500. The zero-order chi connectivity index (χ0) is 30.6. The van der Waals surface area contributed by atoms with Gasteiger partial charge < -0.3 is 10.1 Å². The number of hydrazone groups is 1. The third-order valence-corrected chi connectivity index (χ3v) is 8.00. The van der Waals surface area contributed by atoms with Crippen LogP contribution in [0.4, 0.5) is 0 Å². The fourth-order valence-electron chi connectivity index (χ4n) is 5.45. The maximum Gasteiger partial charge on any atom is 0.271 e. The van der Waals surface area contributed by atoms with Gasteiger partial charge in [-0.25, -0.2) is 5.43 Å². The monoisotopic (exact) mass is 588 g/mol. The average Bonchev–Trinajstić information content (AvgIpc) is 3.06. The summed E-state index contributed by atoms with van der Waals surface area (Å²) in [4.78, 5) is 27.4. The topological polar surface area (TPSA) is 83.0 Å². The van der Waals surface area contributed by atoms with Crippen LogP contribution in [0.2, 0.25) is 0 Å². The number of hydrogen-bond acceptors (Lipinski definition) is 5. The highest BCUT2D eigenvalue weighted by molar-refractivity contribution is 5.94. The molecule has 0 bridgehead atoms. The van der Waals surface area contributed by atoms with Crippen molar-refractivity contribution in [2.24, 2.45) is 11.0 Å². The minimum Gasteiger partial charge on any atom is -0.484 e. The van der Waals surface area contributed by atoms with Crippen molar-refractivity contribution >= 4 is 18.0 Å². The summed E-state index contributed by atoms with van der Waals surface area (Å²) in [5.41, 5.74) is 7.63. The zero-order valence-electron chi connectivity index (χ0n) is 25.2. The van der Waals surface area contributed by atoms with Gasteiger partial charge in [0.1, 0.15) is 5.75 Å². The van der Waals surface area contributed by atoms with Gasteiger partial charge in [0.15, 0.2) is 6.61 Å². The Morgan fingerprint density at radius 3 is 2.20 bits per heavy atom. The molecule has 226 valence electrons. The van der Waals surface area contributed by atoms with Crippen LogP contribution in [-0.2, 0) is 17.8 Å². The van der Waals surface area contributed by atoms with Gasteiger partial charge in [0.25, 0.3) is 11.8 Å². The van der Waals surface area contributed by atoms with Gasteiger partial charge in [-0.3, -0.25) is 14.5 Å². The summed E-state index contributed by atoms with van der Waals surface area (Å²) < 4.78 is 5.61. The number of rotatable bonds is 12. The van der Waals surface area contributed by atoms with E-state index in [9.17, 15) is 9.59 Å². The van der Waals surface area contributed by atoms with E-state index in [1.807, 2.05) is 73.7 Å². The number of ether oxygens (including phenoxy) is 1. The lowest BCUT2D eigenvalue weighted by Crippen LogP contribution is -2.33. The Balaban J connectivity index is 1.00. The van der Waals surface area contributed by atoms with Gasteiger partial charge in [0, 0.05) is 12.1 Å². The normalized spacial score (nSPS) is 14.7. The van der Waals surface area contributed by atoms with E-state index in [0.29, 0.717) is 11.3 Å². The van der Waals surface area contributed by atoms with Gasteiger partial charge in [-0.15, -0.1) is 0 Å². The number of hydrogen-bond donors (Lipinski definition) is 2. The Hall–Kier alpha value is -4.75. The van der Waals surface area contributed by atoms with E-state index >= 15 is 0 Å². The third kappa shape index (κ3) is 9.38. The molecule has 2 N–H and O–H groups in total. The van der Waals surface area contributed by atoms with Crippen molar-refractivity contribution in [3.05, 3.63) is 137 Å². The van der Waals surface area contributed by atoms with Crippen molar-refractivity contribution in [1.29, 1.82) is 0 Å². The SMILES string of the molecule is C[C@@H](NC(=O)COc1ccc(/C=N\NC(=O)c2ccc(CN3CCC(Cc4ccccc4)CC3)cc2)cc1)c1ccccc1. The minimum absolute atomic E-state index is 0.0767. The molecule has 7 nitrogen and oxygen atoms in total. The molecule has 1 atom stereocenters. The first kappa shape index (κ1) is 30.7. The molecule has 1 saturated heterocycles. The van der Waals surface area contributed by atoms with Gasteiger partial charge >= 0.3 is 0 Å². The zero-order valence-corrected chi connectivity index (χ0v) is 25.2. The molecule has 0 unspecified atom stereocenters. The molecule has 0 aliphatic carbocycles. The third-order valence-electron chi connectivity index (χ3n) is 8.00. The summed E-state index contributed by atoms with van der Waals surface area (Å²) in [6.45, 7) is 4.96. The highest BCUT2D eigenvalue weighted by atomic mass is 16.5. The van der Waals surface area contributed by atoms with E-state index in [4.69, 9.17) is 4.74 Å². The molecule has 0 aromatic heterocycles. The lowest BCUT2D eigenvalue weighted by Gasteiger charge is -2.32. The molecular weight excluding hydrogens is 548 g/mol. The van der Waals surface area contributed by atoms with Gasteiger partial charge in [-0.1, -0.05) is 72.8 Å². The van der Waals surface area contributed by atoms with E-state index < -0.39 is 0 Å². The van der Waals surface area contributed by atoms with Crippen LogP contribution in [0.25, 0.3) is 0 Å². The first-order valence-corrected chi connectivity index (χ1v) is 15.3. The van der Waals surface area contributed by atoms with E-state index in [2.05, 4.69) is 51.1 Å². The second kappa shape index (κ2) is 15.6. The summed E-state index contributed by atoms with van der Waals surface area (Å²) in [5.74, 6) is 0.872. The van der Waals surface area contributed by atoms with E-state index in [-0.39, 0.29) is 24.5 Å². The molecule has 0 spiro atoms. The first-order chi connectivity index (χ1) is 21.5. The number of amides is 2. The summed E-state index contributed by atoms with van der Waals surface area (Å²) in [6.07, 6.45) is 5.17. The number of likely N-dealkylation sites (tertiary alicyclic amines) is 1. The maximum atomic E-state index is 12.6. The van der Waals surface area contributed by atoms with Crippen LogP contribution >= 0.6 is 0 Å². The van der Waals surface area contributed by atoms with Crippen molar-refractivity contribution in [1.82, 2.24) is 15.6 Å². The number of piperidine rings is 1. The van der Waals surface area contributed by atoms with Crippen LogP contribution < -0.4 is 15.5 Å². The summed E-state index contributed by atoms with van der Waals surface area (Å²) in [5, 5.41) is 7.03. The number of nitrogens with zero attached hydrogens (tertiary/aromatic N) is 2. The fraction of sp³-hybridized carbons (Fsp3) is 0.270. The lowest BCUT2D eigenvalue weighted by molar-refractivity contribution is -0.123. The van der Waals surface area contributed by atoms with Crippen molar-refractivity contribution in [2.45, 2.75) is 38.8 Å². The predicted molar refractivity (Wildman–Crippen MR) is 175 cm³/mol. The van der Waals surface area contributed by atoms with Crippen LogP contribution in [0.15, 0.2) is 114 Å². The first-order valence-electron chi connectivity index (χ1n) is 15.3. The second-order valence-corrected chi connectivity index (χ2v) is 11.4. The van der Waals surface area contributed by atoms with Crippen LogP contribution in [0.1, 0.15) is 58.4 Å². The molecule has 0 radical (unpaired) electrons. The highest BCUT2D eigenvalue weighted by Gasteiger charge is 2.19. The second-order valence-electron chi connectivity index (χ2n) is 11.4. The molecule has 7 heteroatoms. The number of carbonyl (C=O) groups excluding carboxylic acids is 2. The van der Waals surface area contributed by atoms with Crippen molar-refractivity contribution in [2.75, 3.05) is 19.7 Å². The standard InChI is InChI=1S/C37H40N4O3/c1-28(33-10-6-3-7-11-33)39-36(42)27-44-35-18-14-31(15-19-35)25-38-40-37(43)34-16-12-32(13-17-34)26-41-22-20-30(21-23-41)24-29-8-4-2-5-9-29/h2-19,25,28,30H,20-24,26-27H2,1H3,(H,39,42)(H,40,43)/b38-25-/t28-/m1/s1. The lowest BCUT2D eigenvalue weighted by atomic mass is 9.90. The van der Waals surface area contributed by atoms with Gasteiger partial charge in [-0.05, 0) is 104 Å². The predicted octanol–water partition coefficient (Wildman–Crippen LogP) is 6.16. The molecule has 4 aromatic carbocycles. The minimum atomic E-state index is -0.259. The molecule has 2 amide bonds. The molecule has 0 saturated carbocycles. The Morgan fingerprint density at radius 1 is 0.864 bits per heavy atom. The summed E-state index contributed by atoms with van der Waals surface area (Å²) in [7, 11) is 0. The van der Waals surface area contributed by atoms with E-state index in [0.717, 1.165) is 43.1 Å². The van der Waals surface area contributed by atoms with Crippen LogP contribution in [-0.4, -0.2) is 42.6 Å². The molecule has 44 heavy (non-hydrogen) atoms. The molecule has 5 rings (SSSR count). The fourth-order valence-corrected chi connectivity index (χ4v) is 5.45. The largest absolute Gasteiger partial charge is 0.484 e. The Morgan fingerprint density at radius 2 is 1.52 bits per heavy atom. The van der Waals surface area contributed by atoms with E-state index in [1.54, 1.807) is 18.3 Å². The average molecular weight is 589 g/mol. The quantitative estimate of drug-likeness (QED) is 0.153. The molecule has 1 heterocycles. The summed E-state index contributed by atoms with van der Waals surface area (Å²) >= 11 is 0. The van der Waals surface area contributed by atoms with Crippen LogP contribution in [0.3, 0.4) is 0 Å². The van der Waals surface area contributed by atoms with Gasteiger partial charge in [0.05, 0.1) is 12.3 Å².